The zero-order valence-corrected chi connectivity index (χ0v) is 7.23. The van der Waals surface area contributed by atoms with Gasteiger partial charge in [-0.3, -0.25) is 0 Å². The first-order valence-electron chi connectivity index (χ1n) is 2.05. The highest BCUT2D eigenvalue weighted by molar-refractivity contribution is 8.93. The molecule has 1 heterocycles. The molecular formula is C5H10BrNS. The first kappa shape index (κ1) is 11.0. The SMILES string of the molecule is Br.CN.c1ccsc1. The van der Waals surface area contributed by atoms with Crippen molar-refractivity contribution in [2.24, 2.45) is 5.73 Å². The summed E-state index contributed by atoms with van der Waals surface area (Å²) in [6.45, 7) is 0. The Morgan fingerprint density at radius 2 is 1.50 bits per heavy atom. The summed E-state index contributed by atoms with van der Waals surface area (Å²) in [6.07, 6.45) is 0. The van der Waals surface area contributed by atoms with Crippen LogP contribution < -0.4 is 5.73 Å². The average Bonchev–Trinajstić information content (AvgIpc) is 2.23. The van der Waals surface area contributed by atoms with Crippen LogP contribution in [0, 0.1) is 0 Å². The Labute approximate surface area is 64.3 Å². The van der Waals surface area contributed by atoms with Crippen LogP contribution in [-0.2, 0) is 0 Å². The van der Waals surface area contributed by atoms with Crippen LogP contribution >= 0.6 is 28.3 Å². The summed E-state index contributed by atoms with van der Waals surface area (Å²) >= 11 is 1.71. The molecular weight excluding hydrogens is 186 g/mol. The van der Waals surface area contributed by atoms with Crippen LogP contribution in [0.5, 0.6) is 0 Å². The van der Waals surface area contributed by atoms with Crippen molar-refractivity contribution in [1.29, 1.82) is 0 Å². The summed E-state index contributed by atoms with van der Waals surface area (Å²) in [7, 11) is 1.50. The van der Waals surface area contributed by atoms with Gasteiger partial charge in [0.05, 0.1) is 0 Å². The number of hydrogen-bond donors (Lipinski definition) is 1. The van der Waals surface area contributed by atoms with E-state index < -0.39 is 0 Å². The summed E-state index contributed by atoms with van der Waals surface area (Å²) in [5, 5.41) is 4.08. The Bertz CT molecular complexity index is 68.9. The van der Waals surface area contributed by atoms with Gasteiger partial charge < -0.3 is 5.73 Å². The lowest BCUT2D eigenvalue weighted by Gasteiger charge is -1.39. The first-order chi connectivity index (χ1) is 3.50. The molecule has 1 aromatic heterocycles. The molecule has 2 N–H and O–H groups in total. The maximum absolute atomic E-state index is 4.50. The number of thiophene rings is 1. The second kappa shape index (κ2) is 10.2. The fourth-order valence-electron chi connectivity index (χ4n) is 0.227. The fourth-order valence-corrected chi connectivity index (χ4v) is 0.680. The van der Waals surface area contributed by atoms with E-state index in [0.717, 1.165) is 0 Å². The predicted molar refractivity (Wildman–Crippen MR) is 44.8 cm³/mol. The summed E-state index contributed by atoms with van der Waals surface area (Å²) in [6, 6.07) is 4.04. The first-order valence-corrected chi connectivity index (χ1v) is 2.99. The van der Waals surface area contributed by atoms with Crippen molar-refractivity contribution in [3.05, 3.63) is 22.9 Å². The van der Waals surface area contributed by atoms with Gasteiger partial charge in [-0.2, -0.15) is 11.3 Å². The van der Waals surface area contributed by atoms with Crippen LogP contribution in [0.15, 0.2) is 22.9 Å². The number of nitrogens with two attached hydrogens (primary N) is 1. The molecule has 0 radical (unpaired) electrons. The Morgan fingerprint density at radius 1 is 1.12 bits per heavy atom. The van der Waals surface area contributed by atoms with Gasteiger partial charge in [0.2, 0.25) is 0 Å². The van der Waals surface area contributed by atoms with E-state index in [1.165, 1.54) is 7.05 Å². The smallest absolute Gasteiger partial charge is 0.00934 e. The lowest BCUT2D eigenvalue weighted by atomic mass is 10.7. The van der Waals surface area contributed by atoms with Crippen LogP contribution in [0.3, 0.4) is 0 Å². The molecule has 0 aliphatic heterocycles. The molecule has 0 aromatic carbocycles. The van der Waals surface area contributed by atoms with Crippen LogP contribution in [0.25, 0.3) is 0 Å². The highest BCUT2D eigenvalue weighted by atomic mass is 79.9. The van der Waals surface area contributed by atoms with Crippen LogP contribution in [0.1, 0.15) is 0 Å². The van der Waals surface area contributed by atoms with Gasteiger partial charge in [0, 0.05) is 0 Å². The Morgan fingerprint density at radius 3 is 1.62 bits per heavy atom. The topological polar surface area (TPSA) is 26.0 Å². The van der Waals surface area contributed by atoms with Gasteiger partial charge in [-0.15, -0.1) is 17.0 Å². The van der Waals surface area contributed by atoms with Crippen molar-refractivity contribution in [3.8, 4) is 0 Å². The third-order valence-electron chi connectivity index (χ3n) is 0.425. The number of rotatable bonds is 0. The molecule has 1 rings (SSSR count). The third-order valence-corrected chi connectivity index (χ3v) is 1.05. The molecule has 0 atom stereocenters. The van der Waals surface area contributed by atoms with Crippen molar-refractivity contribution < 1.29 is 0 Å². The summed E-state index contributed by atoms with van der Waals surface area (Å²) in [4.78, 5) is 0. The van der Waals surface area contributed by atoms with E-state index in [4.69, 9.17) is 0 Å². The summed E-state index contributed by atoms with van der Waals surface area (Å²) < 4.78 is 0. The number of hydrogen-bond acceptors (Lipinski definition) is 2. The van der Waals surface area contributed by atoms with Gasteiger partial charge >= 0.3 is 0 Å². The van der Waals surface area contributed by atoms with Crippen molar-refractivity contribution in [3.63, 3.8) is 0 Å². The monoisotopic (exact) mass is 195 g/mol. The lowest BCUT2D eigenvalue weighted by molar-refractivity contribution is 1.48. The maximum Gasteiger partial charge on any atom is -0.00934 e. The second-order valence-corrected chi connectivity index (χ2v) is 1.61. The van der Waals surface area contributed by atoms with E-state index in [1.807, 2.05) is 22.9 Å². The second-order valence-electron chi connectivity index (χ2n) is 0.793. The molecule has 0 aliphatic rings. The Hall–Kier alpha value is 0.140. The molecule has 0 spiro atoms. The van der Waals surface area contributed by atoms with Gasteiger partial charge in [-0.25, -0.2) is 0 Å². The summed E-state index contributed by atoms with van der Waals surface area (Å²) in [5.74, 6) is 0. The van der Waals surface area contributed by atoms with Crippen molar-refractivity contribution in [2.75, 3.05) is 7.05 Å². The molecule has 48 valence electrons. The molecule has 0 unspecified atom stereocenters. The standard InChI is InChI=1S/C4H4S.CH5N.BrH/c1-2-4-5-3-1;1-2;/h1-4H;2H2,1H3;1H. The van der Waals surface area contributed by atoms with Crippen molar-refractivity contribution in [1.82, 2.24) is 0 Å². The molecule has 0 amide bonds. The highest BCUT2D eigenvalue weighted by Crippen LogP contribution is 1.91. The third kappa shape index (κ3) is 6.14. The van der Waals surface area contributed by atoms with E-state index in [1.54, 1.807) is 11.3 Å². The van der Waals surface area contributed by atoms with E-state index in [2.05, 4.69) is 5.73 Å². The molecule has 0 aliphatic carbocycles. The maximum atomic E-state index is 4.50. The highest BCUT2D eigenvalue weighted by Gasteiger charge is 1.58. The van der Waals surface area contributed by atoms with E-state index in [0.29, 0.717) is 0 Å². The molecule has 0 fully saturated rings. The largest absolute Gasteiger partial charge is 0.333 e. The van der Waals surface area contributed by atoms with Crippen LogP contribution in [0.2, 0.25) is 0 Å². The molecule has 1 nitrogen and oxygen atoms in total. The van der Waals surface area contributed by atoms with Gasteiger partial charge in [-0.1, -0.05) is 12.1 Å². The molecule has 3 heteroatoms. The Balaban J connectivity index is 0. The number of halogens is 1. The van der Waals surface area contributed by atoms with Gasteiger partial charge in [0.25, 0.3) is 0 Å². The minimum absolute atomic E-state index is 0. The Kier molecular flexibility index (Phi) is 14.0. The zero-order chi connectivity index (χ0) is 5.54. The van der Waals surface area contributed by atoms with Crippen molar-refractivity contribution in [2.45, 2.75) is 0 Å². The lowest BCUT2D eigenvalue weighted by Crippen LogP contribution is -1.69. The molecule has 1 aromatic rings. The molecule has 0 bridgehead atoms. The van der Waals surface area contributed by atoms with Crippen LogP contribution in [-0.4, -0.2) is 7.05 Å². The molecule has 0 saturated carbocycles. The molecule has 0 saturated heterocycles. The quantitative estimate of drug-likeness (QED) is 0.673. The zero-order valence-electron chi connectivity index (χ0n) is 4.70. The van der Waals surface area contributed by atoms with Gasteiger partial charge in [0.1, 0.15) is 0 Å². The molecule has 8 heavy (non-hydrogen) atoms. The fraction of sp³-hybridized carbons (Fsp3) is 0.200. The van der Waals surface area contributed by atoms with E-state index in [-0.39, 0.29) is 17.0 Å². The van der Waals surface area contributed by atoms with E-state index in [9.17, 15) is 0 Å². The minimum atomic E-state index is 0. The van der Waals surface area contributed by atoms with Crippen molar-refractivity contribution >= 4 is 28.3 Å². The predicted octanol–water partition coefficient (Wildman–Crippen LogP) is 1.90. The minimum Gasteiger partial charge on any atom is -0.333 e. The van der Waals surface area contributed by atoms with Gasteiger partial charge in [0.15, 0.2) is 0 Å². The van der Waals surface area contributed by atoms with E-state index >= 15 is 0 Å². The van der Waals surface area contributed by atoms with Gasteiger partial charge in [-0.05, 0) is 17.8 Å². The average molecular weight is 196 g/mol. The summed E-state index contributed by atoms with van der Waals surface area (Å²) in [5.41, 5.74) is 4.50. The van der Waals surface area contributed by atoms with Crippen LogP contribution in [0.4, 0.5) is 0 Å². The normalized spacial score (nSPS) is 5.75.